The van der Waals surface area contributed by atoms with Crippen molar-refractivity contribution in [2.75, 3.05) is 38.0 Å². The number of piperidine rings is 1. The van der Waals surface area contributed by atoms with Gasteiger partial charge in [-0.05, 0) is 75.5 Å². The van der Waals surface area contributed by atoms with Gasteiger partial charge in [0.25, 0.3) is 11.8 Å². The molecule has 1 aromatic heterocycles. The van der Waals surface area contributed by atoms with E-state index in [0.717, 1.165) is 83.8 Å². The van der Waals surface area contributed by atoms with Crippen LogP contribution in [0.25, 0.3) is 11.6 Å². The molecular formula is C25H29BrN4O2. The van der Waals surface area contributed by atoms with Gasteiger partial charge in [0.2, 0.25) is 0 Å². The topological polar surface area (TPSA) is 68.4 Å². The molecule has 2 N–H and O–H groups in total. The van der Waals surface area contributed by atoms with Crippen LogP contribution in [0.2, 0.25) is 0 Å². The molecule has 1 aromatic carbocycles. The molecule has 3 aliphatic rings. The Bertz CT molecular complexity index is 1100. The van der Waals surface area contributed by atoms with Gasteiger partial charge in [0, 0.05) is 46.7 Å². The first-order valence-corrected chi connectivity index (χ1v) is 12.4. The SMILES string of the molecule is Cc1c(/C=C2\C(=O)Nc3ccc(Br)cc32)[nH]c2c1C(=O)N(CCN1CCCCC1)CCC2. The number of hydrogen-bond donors (Lipinski definition) is 2. The summed E-state index contributed by atoms with van der Waals surface area (Å²) < 4.78 is 0.928. The Morgan fingerprint density at radius 3 is 2.69 bits per heavy atom. The Kier molecular flexibility index (Phi) is 5.95. The third kappa shape index (κ3) is 4.04. The highest BCUT2D eigenvalue weighted by Gasteiger charge is 2.29. The number of carbonyl (C=O) groups excluding carboxylic acids is 2. The van der Waals surface area contributed by atoms with Crippen molar-refractivity contribution >= 4 is 45.1 Å². The summed E-state index contributed by atoms with van der Waals surface area (Å²) in [5.41, 5.74) is 5.87. The van der Waals surface area contributed by atoms with Crippen LogP contribution in [0.15, 0.2) is 22.7 Å². The number of nitrogens with one attached hydrogen (secondary N) is 2. The van der Waals surface area contributed by atoms with E-state index in [1.807, 2.05) is 36.1 Å². The quantitative estimate of drug-likeness (QED) is 0.614. The summed E-state index contributed by atoms with van der Waals surface area (Å²) in [5, 5.41) is 2.93. The van der Waals surface area contributed by atoms with Crippen molar-refractivity contribution in [1.82, 2.24) is 14.8 Å². The van der Waals surface area contributed by atoms with Crippen LogP contribution in [-0.2, 0) is 11.2 Å². The number of H-pyrrole nitrogens is 1. The van der Waals surface area contributed by atoms with Gasteiger partial charge in [-0.2, -0.15) is 0 Å². The van der Waals surface area contributed by atoms with Gasteiger partial charge in [-0.1, -0.05) is 22.4 Å². The van der Waals surface area contributed by atoms with Gasteiger partial charge in [0.05, 0.1) is 11.1 Å². The Hall–Kier alpha value is -2.38. The van der Waals surface area contributed by atoms with Crippen LogP contribution in [0.3, 0.4) is 0 Å². The molecule has 3 aliphatic heterocycles. The highest BCUT2D eigenvalue weighted by atomic mass is 79.9. The molecule has 0 saturated carbocycles. The zero-order valence-corrected chi connectivity index (χ0v) is 20.1. The number of anilines is 1. The minimum absolute atomic E-state index is 0.114. The number of aryl methyl sites for hydroxylation is 1. The second kappa shape index (κ2) is 8.87. The lowest BCUT2D eigenvalue weighted by Gasteiger charge is -2.29. The molecule has 0 unspecified atom stereocenters. The van der Waals surface area contributed by atoms with E-state index in [1.54, 1.807) is 0 Å². The number of hydrogen-bond acceptors (Lipinski definition) is 3. The number of carbonyl (C=O) groups is 2. The van der Waals surface area contributed by atoms with E-state index in [2.05, 4.69) is 31.1 Å². The number of nitrogens with zero attached hydrogens (tertiary/aromatic N) is 2. The fourth-order valence-electron chi connectivity index (χ4n) is 5.11. The average Bonchev–Trinajstić information content (AvgIpc) is 3.20. The Morgan fingerprint density at radius 1 is 1.06 bits per heavy atom. The maximum absolute atomic E-state index is 13.5. The van der Waals surface area contributed by atoms with Crippen molar-refractivity contribution in [1.29, 1.82) is 0 Å². The first-order chi connectivity index (χ1) is 15.5. The molecule has 0 atom stereocenters. The van der Waals surface area contributed by atoms with Crippen molar-refractivity contribution in [3.8, 4) is 0 Å². The smallest absolute Gasteiger partial charge is 0.256 e. The summed E-state index contributed by atoms with van der Waals surface area (Å²) in [6.07, 6.45) is 7.54. The molecular weight excluding hydrogens is 468 g/mol. The first kappa shape index (κ1) is 21.5. The standard InChI is InChI=1S/C25H29BrN4O2/c1-16-22(15-19-18-14-17(26)7-8-20(18)28-24(19)31)27-21-6-5-11-30(25(32)23(16)21)13-12-29-9-3-2-4-10-29/h7-8,14-15,27H,2-6,9-13H2,1H3,(H,28,31)/b19-15-. The Morgan fingerprint density at radius 2 is 1.88 bits per heavy atom. The minimum Gasteiger partial charge on any atom is -0.358 e. The fourth-order valence-corrected chi connectivity index (χ4v) is 5.47. The Labute approximate surface area is 197 Å². The number of amides is 2. The van der Waals surface area contributed by atoms with E-state index in [0.29, 0.717) is 5.57 Å². The monoisotopic (exact) mass is 496 g/mol. The van der Waals surface area contributed by atoms with Gasteiger partial charge in [-0.15, -0.1) is 0 Å². The number of benzene rings is 1. The van der Waals surface area contributed by atoms with Crippen LogP contribution in [0.5, 0.6) is 0 Å². The molecule has 2 amide bonds. The van der Waals surface area contributed by atoms with E-state index < -0.39 is 0 Å². The number of aromatic amines is 1. The van der Waals surface area contributed by atoms with Gasteiger partial charge in [-0.3, -0.25) is 9.59 Å². The fraction of sp³-hybridized carbons (Fsp3) is 0.440. The largest absolute Gasteiger partial charge is 0.358 e. The summed E-state index contributed by atoms with van der Waals surface area (Å²) in [5.74, 6) is 0.00343. The number of halogens is 1. The molecule has 32 heavy (non-hydrogen) atoms. The number of likely N-dealkylation sites (tertiary alicyclic amines) is 1. The lowest BCUT2D eigenvalue weighted by molar-refractivity contribution is -0.110. The highest BCUT2D eigenvalue weighted by Crippen LogP contribution is 2.36. The highest BCUT2D eigenvalue weighted by molar-refractivity contribution is 9.10. The van der Waals surface area contributed by atoms with E-state index in [-0.39, 0.29) is 11.8 Å². The van der Waals surface area contributed by atoms with Crippen molar-refractivity contribution in [3.05, 3.63) is 50.8 Å². The lowest BCUT2D eigenvalue weighted by atomic mass is 10.0. The molecule has 7 heteroatoms. The van der Waals surface area contributed by atoms with Crippen LogP contribution < -0.4 is 5.32 Å². The van der Waals surface area contributed by atoms with Gasteiger partial charge in [0.1, 0.15) is 0 Å². The van der Waals surface area contributed by atoms with Crippen molar-refractivity contribution in [2.45, 2.75) is 39.0 Å². The number of aromatic nitrogens is 1. The maximum atomic E-state index is 13.5. The molecule has 2 aromatic rings. The van der Waals surface area contributed by atoms with Crippen molar-refractivity contribution in [3.63, 3.8) is 0 Å². The average molecular weight is 497 g/mol. The molecule has 0 spiro atoms. The van der Waals surface area contributed by atoms with Gasteiger partial charge < -0.3 is 20.1 Å². The predicted octanol–water partition coefficient (Wildman–Crippen LogP) is 4.45. The summed E-state index contributed by atoms with van der Waals surface area (Å²) in [6.45, 7) is 6.81. The third-order valence-corrected chi connectivity index (χ3v) is 7.40. The second-order valence-electron chi connectivity index (χ2n) is 9.02. The zero-order chi connectivity index (χ0) is 22.2. The molecule has 4 heterocycles. The molecule has 1 saturated heterocycles. The zero-order valence-electron chi connectivity index (χ0n) is 18.5. The van der Waals surface area contributed by atoms with E-state index >= 15 is 0 Å². The van der Waals surface area contributed by atoms with Gasteiger partial charge >= 0.3 is 0 Å². The van der Waals surface area contributed by atoms with Gasteiger partial charge in [-0.25, -0.2) is 0 Å². The molecule has 6 nitrogen and oxygen atoms in total. The number of rotatable bonds is 4. The molecule has 0 aliphatic carbocycles. The van der Waals surface area contributed by atoms with Crippen LogP contribution in [0.4, 0.5) is 5.69 Å². The summed E-state index contributed by atoms with van der Waals surface area (Å²) in [4.78, 5) is 34.1. The van der Waals surface area contributed by atoms with Crippen LogP contribution in [0.1, 0.15) is 58.6 Å². The summed E-state index contributed by atoms with van der Waals surface area (Å²) in [6, 6.07) is 5.77. The van der Waals surface area contributed by atoms with Crippen LogP contribution in [-0.4, -0.2) is 59.3 Å². The first-order valence-electron chi connectivity index (χ1n) is 11.6. The summed E-state index contributed by atoms with van der Waals surface area (Å²) in [7, 11) is 0. The normalized spacial score (nSPS) is 20.3. The molecule has 5 rings (SSSR count). The van der Waals surface area contributed by atoms with E-state index in [9.17, 15) is 9.59 Å². The predicted molar refractivity (Wildman–Crippen MR) is 131 cm³/mol. The lowest BCUT2D eigenvalue weighted by Crippen LogP contribution is -2.40. The second-order valence-corrected chi connectivity index (χ2v) is 9.93. The van der Waals surface area contributed by atoms with Crippen LogP contribution >= 0.6 is 15.9 Å². The minimum atomic E-state index is -0.114. The Balaban J connectivity index is 1.41. The summed E-state index contributed by atoms with van der Waals surface area (Å²) >= 11 is 3.50. The van der Waals surface area contributed by atoms with E-state index in [4.69, 9.17) is 0 Å². The van der Waals surface area contributed by atoms with Gasteiger partial charge in [0.15, 0.2) is 0 Å². The number of fused-ring (bicyclic) bond motifs is 2. The van der Waals surface area contributed by atoms with Crippen LogP contribution in [0, 0.1) is 6.92 Å². The molecule has 168 valence electrons. The van der Waals surface area contributed by atoms with Crippen molar-refractivity contribution in [2.24, 2.45) is 0 Å². The molecule has 0 radical (unpaired) electrons. The maximum Gasteiger partial charge on any atom is 0.256 e. The third-order valence-electron chi connectivity index (χ3n) is 6.91. The van der Waals surface area contributed by atoms with Crippen molar-refractivity contribution < 1.29 is 9.59 Å². The van der Waals surface area contributed by atoms with E-state index in [1.165, 1.54) is 19.3 Å². The molecule has 1 fully saturated rings. The molecule has 0 bridgehead atoms.